The fourth-order valence-corrected chi connectivity index (χ4v) is 4.30. The molecule has 1 atom stereocenters. The number of para-hydroxylation sites is 1. The summed E-state index contributed by atoms with van der Waals surface area (Å²) in [6.07, 6.45) is 4.57. The van der Waals surface area contributed by atoms with E-state index < -0.39 is 29.2 Å². The van der Waals surface area contributed by atoms with Gasteiger partial charge in [0, 0.05) is 18.1 Å². The fraction of sp³-hybridized carbons (Fsp3) is 0.364. The number of carbonyl (C=O) groups excluding carboxylic acids is 2. The standard InChI is InChI=1S/C22H22F2N2O4/c1-29-20(27)14-10-17(16(24)11-15(14)23)25-21(28)26-18-12-22(8-4-5-9-22)30-19-7-3-2-6-13(18)19/h2-3,6-7,10-11,18H,4-5,8-9,12H2,1H3,(H2,25,26,28). The molecule has 1 aliphatic heterocycles. The second kappa shape index (κ2) is 7.93. The molecule has 4 rings (SSSR count). The minimum absolute atomic E-state index is 0.314. The number of anilines is 1. The maximum absolute atomic E-state index is 14.2. The molecule has 0 saturated heterocycles. The summed E-state index contributed by atoms with van der Waals surface area (Å²) in [5.41, 5.74) is -0.244. The number of benzene rings is 2. The number of hydrogen-bond acceptors (Lipinski definition) is 4. The predicted molar refractivity (Wildman–Crippen MR) is 105 cm³/mol. The van der Waals surface area contributed by atoms with Crippen molar-refractivity contribution in [2.75, 3.05) is 12.4 Å². The number of urea groups is 1. The molecule has 1 aliphatic carbocycles. The Kier molecular flexibility index (Phi) is 5.32. The number of methoxy groups -OCH3 is 1. The Morgan fingerprint density at radius 2 is 1.87 bits per heavy atom. The molecular formula is C22H22F2N2O4. The van der Waals surface area contributed by atoms with E-state index in [4.69, 9.17) is 4.74 Å². The van der Waals surface area contributed by atoms with Crippen LogP contribution < -0.4 is 15.4 Å². The molecule has 1 spiro atoms. The summed E-state index contributed by atoms with van der Waals surface area (Å²) in [5, 5.41) is 5.25. The molecule has 30 heavy (non-hydrogen) atoms. The van der Waals surface area contributed by atoms with Gasteiger partial charge in [-0.3, -0.25) is 0 Å². The zero-order valence-electron chi connectivity index (χ0n) is 16.5. The van der Waals surface area contributed by atoms with Crippen LogP contribution in [0.5, 0.6) is 5.75 Å². The van der Waals surface area contributed by atoms with Gasteiger partial charge in [-0.1, -0.05) is 18.2 Å². The molecule has 1 heterocycles. The number of nitrogens with one attached hydrogen (secondary N) is 2. The van der Waals surface area contributed by atoms with Gasteiger partial charge in [0.1, 0.15) is 23.0 Å². The molecular weight excluding hydrogens is 394 g/mol. The molecule has 0 radical (unpaired) electrons. The van der Waals surface area contributed by atoms with E-state index in [1.165, 1.54) is 0 Å². The smallest absolute Gasteiger partial charge is 0.340 e. The number of esters is 1. The van der Waals surface area contributed by atoms with Crippen molar-refractivity contribution in [2.24, 2.45) is 0 Å². The third-order valence-corrected chi connectivity index (χ3v) is 5.73. The molecule has 8 heteroatoms. The van der Waals surface area contributed by atoms with Crippen molar-refractivity contribution in [3.63, 3.8) is 0 Å². The predicted octanol–water partition coefficient (Wildman–Crippen LogP) is 4.71. The van der Waals surface area contributed by atoms with Gasteiger partial charge in [-0.15, -0.1) is 0 Å². The highest BCUT2D eigenvalue weighted by molar-refractivity contribution is 5.94. The van der Waals surface area contributed by atoms with Gasteiger partial charge in [0.25, 0.3) is 0 Å². The monoisotopic (exact) mass is 416 g/mol. The van der Waals surface area contributed by atoms with Gasteiger partial charge < -0.3 is 20.1 Å². The lowest BCUT2D eigenvalue weighted by atomic mass is 9.86. The average Bonchev–Trinajstić information content (AvgIpc) is 3.16. The van der Waals surface area contributed by atoms with Crippen LogP contribution in [0.25, 0.3) is 0 Å². The summed E-state index contributed by atoms with van der Waals surface area (Å²) in [6, 6.07) is 7.99. The van der Waals surface area contributed by atoms with E-state index in [0.717, 1.165) is 50.2 Å². The van der Waals surface area contributed by atoms with Crippen LogP contribution in [0.2, 0.25) is 0 Å². The Morgan fingerprint density at radius 1 is 1.13 bits per heavy atom. The van der Waals surface area contributed by atoms with Gasteiger partial charge in [0.2, 0.25) is 0 Å². The molecule has 6 nitrogen and oxygen atoms in total. The van der Waals surface area contributed by atoms with Gasteiger partial charge in [-0.2, -0.15) is 0 Å². The van der Waals surface area contributed by atoms with Crippen molar-refractivity contribution < 1.29 is 27.8 Å². The Bertz CT molecular complexity index is 989. The van der Waals surface area contributed by atoms with Crippen molar-refractivity contribution in [1.29, 1.82) is 0 Å². The molecule has 2 N–H and O–H groups in total. The molecule has 2 aliphatic rings. The first-order chi connectivity index (χ1) is 14.4. The molecule has 2 aromatic rings. The second-order valence-corrected chi connectivity index (χ2v) is 7.69. The van der Waals surface area contributed by atoms with Crippen molar-refractivity contribution in [3.8, 4) is 5.75 Å². The van der Waals surface area contributed by atoms with Crippen LogP contribution in [0, 0.1) is 11.6 Å². The summed E-state index contributed by atoms with van der Waals surface area (Å²) in [4.78, 5) is 24.3. The number of fused-ring (bicyclic) bond motifs is 1. The Morgan fingerprint density at radius 3 is 2.60 bits per heavy atom. The normalized spacial score (nSPS) is 19.0. The molecule has 0 bridgehead atoms. The van der Waals surface area contributed by atoms with E-state index in [0.29, 0.717) is 12.5 Å². The summed E-state index contributed by atoms with van der Waals surface area (Å²) in [7, 11) is 1.09. The minimum Gasteiger partial charge on any atom is -0.487 e. The first-order valence-corrected chi connectivity index (χ1v) is 9.84. The summed E-state index contributed by atoms with van der Waals surface area (Å²) < 4.78 is 38.8. The Balaban J connectivity index is 1.55. The SMILES string of the molecule is COC(=O)c1cc(NC(=O)NC2CC3(CCCC3)Oc3ccccc32)c(F)cc1F. The first-order valence-electron chi connectivity index (χ1n) is 9.84. The summed E-state index contributed by atoms with van der Waals surface area (Å²) in [5.74, 6) is -2.28. The molecule has 1 saturated carbocycles. The molecule has 1 fully saturated rings. The highest BCUT2D eigenvalue weighted by Gasteiger charge is 2.43. The van der Waals surface area contributed by atoms with Crippen LogP contribution in [0.3, 0.4) is 0 Å². The molecule has 2 aromatic carbocycles. The van der Waals surface area contributed by atoms with Gasteiger partial charge in [-0.25, -0.2) is 18.4 Å². The van der Waals surface area contributed by atoms with Crippen LogP contribution >= 0.6 is 0 Å². The van der Waals surface area contributed by atoms with Gasteiger partial charge in [0.05, 0.1) is 24.4 Å². The fourth-order valence-electron chi connectivity index (χ4n) is 4.30. The van der Waals surface area contributed by atoms with Crippen LogP contribution in [0.15, 0.2) is 36.4 Å². The van der Waals surface area contributed by atoms with Crippen molar-refractivity contribution in [1.82, 2.24) is 5.32 Å². The lowest BCUT2D eigenvalue weighted by molar-refractivity contribution is 0.0387. The maximum Gasteiger partial charge on any atom is 0.340 e. The topological polar surface area (TPSA) is 76.7 Å². The number of hydrogen-bond donors (Lipinski definition) is 2. The summed E-state index contributed by atoms with van der Waals surface area (Å²) in [6.45, 7) is 0. The largest absolute Gasteiger partial charge is 0.487 e. The quantitative estimate of drug-likeness (QED) is 0.711. The number of carbonyl (C=O) groups is 2. The molecule has 0 aromatic heterocycles. The molecule has 2 amide bonds. The van der Waals surface area contributed by atoms with E-state index in [2.05, 4.69) is 15.4 Å². The van der Waals surface area contributed by atoms with Crippen LogP contribution in [0.1, 0.15) is 54.1 Å². The highest BCUT2D eigenvalue weighted by Crippen LogP contribution is 2.47. The third-order valence-electron chi connectivity index (χ3n) is 5.73. The number of amides is 2. The van der Waals surface area contributed by atoms with Crippen molar-refractivity contribution in [3.05, 3.63) is 59.2 Å². The first kappa shape index (κ1) is 20.1. The van der Waals surface area contributed by atoms with Crippen LogP contribution in [-0.2, 0) is 4.74 Å². The van der Waals surface area contributed by atoms with E-state index in [9.17, 15) is 18.4 Å². The van der Waals surface area contributed by atoms with Crippen molar-refractivity contribution in [2.45, 2.75) is 43.7 Å². The van der Waals surface area contributed by atoms with E-state index in [1.807, 2.05) is 24.3 Å². The highest BCUT2D eigenvalue weighted by atomic mass is 19.1. The van der Waals surface area contributed by atoms with Gasteiger partial charge in [0.15, 0.2) is 0 Å². The van der Waals surface area contributed by atoms with E-state index in [-0.39, 0.29) is 17.3 Å². The maximum atomic E-state index is 14.2. The van der Waals surface area contributed by atoms with Crippen molar-refractivity contribution >= 4 is 17.7 Å². The third kappa shape index (κ3) is 3.81. The lowest BCUT2D eigenvalue weighted by Gasteiger charge is -2.40. The van der Waals surface area contributed by atoms with Gasteiger partial charge >= 0.3 is 12.0 Å². The van der Waals surface area contributed by atoms with E-state index in [1.54, 1.807) is 0 Å². The Hall–Kier alpha value is -3.16. The zero-order chi connectivity index (χ0) is 21.3. The number of halogens is 2. The number of rotatable bonds is 3. The van der Waals surface area contributed by atoms with E-state index >= 15 is 0 Å². The van der Waals surface area contributed by atoms with Crippen LogP contribution in [-0.4, -0.2) is 24.7 Å². The zero-order valence-corrected chi connectivity index (χ0v) is 16.5. The second-order valence-electron chi connectivity index (χ2n) is 7.69. The summed E-state index contributed by atoms with van der Waals surface area (Å²) >= 11 is 0. The number of ether oxygens (including phenoxy) is 2. The Labute approximate surface area is 172 Å². The lowest BCUT2D eigenvalue weighted by Crippen LogP contribution is -2.44. The average molecular weight is 416 g/mol. The van der Waals surface area contributed by atoms with Crippen LogP contribution in [0.4, 0.5) is 19.3 Å². The van der Waals surface area contributed by atoms with Gasteiger partial charge in [-0.05, 0) is 37.8 Å². The minimum atomic E-state index is -1.06. The molecule has 158 valence electrons. The molecule has 1 unspecified atom stereocenters.